The highest BCUT2D eigenvalue weighted by Crippen LogP contribution is 2.34. The van der Waals surface area contributed by atoms with E-state index < -0.39 is 0 Å². The summed E-state index contributed by atoms with van der Waals surface area (Å²) in [6, 6.07) is 12.2. The van der Waals surface area contributed by atoms with E-state index in [-0.39, 0.29) is 28.0 Å². The normalized spacial score (nSPS) is 10.3. The highest BCUT2D eigenvalue weighted by atomic mass is 35.5. The summed E-state index contributed by atoms with van der Waals surface area (Å²) in [5.41, 5.74) is 1.23. The van der Waals surface area contributed by atoms with E-state index in [0.29, 0.717) is 5.56 Å². The third-order valence-electron chi connectivity index (χ3n) is 2.57. The van der Waals surface area contributed by atoms with Crippen LogP contribution in [0.25, 0.3) is 0 Å². The van der Waals surface area contributed by atoms with Gasteiger partial charge in [0.05, 0.1) is 5.02 Å². The van der Waals surface area contributed by atoms with Crippen LogP contribution < -0.4 is 0 Å². The predicted octanol–water partition coefficient (Wildman–Crippen LogP) is 4.12. The van der Waals surface area contributed by atoms with Crippen molar-refractivity contribution < 1.29 is 9.90 Å². The van der Waals surface area contributed by atoms with E-state index in [1.54, 1.807) is 0 Å². The lowest BCUT2D eigenvalue weighted by atomic mass is 10.0. The van der Waals surface area contributed by atoms with Gasteiger partial charge >= 0.3 is 0 Å². The van der Waals surface area contributed by atoms with Crippen molar-refractivity contribution in [3.63, 3.8) is 0 Å². The quantitative estimate of drug-likeness (QED) is 0.859. The second-order valence-electron chi connectivity index (χ2n) is 3.85. The Hall–Kier alpha value is -1.51. The van der Waals surface area contributed by atoms with Crippen molar-refractivity contribution >= 4 is 29.0 Å². The van der Waals surface area contributed by atoms with Crippen molar-refractivity contribution in [1.29, 1.82) is 0 Å². The molecule has 0 saturated heterocycles. The molecule has 0 aromatic heterocycles. The topological polar surface area (TPSA) is 37.3 Å². The maximum Gasteiger partial charge on any atom is 0.168 e. The smallest absolute Gasteiger partial charge is 0.168 e. The Kier molecular flexibility index (Phi) is 3.90. The minimum atomic E-state index is -0.131. The van der Waals surface area contributed by atoms with Crippen LogP contribution in [-0.4, -0.2) is 10.9 Å². The van der Waals surface area contributed by atoms with Crippen molar-refractivity contribution in [2.24, 2.45) is 0 Å². The van der Waals surface area contributed by atoms with Gasteiger partial charge in [-0.25, -0.2) is 0 Å². The molecule has 4 heteroatoms. The summed E-state index contributed by atoms with van der Waals surface area (Å²) >= 11 is 11.7. The van der Waals surface area contributed by atoms with Gasteiger partial charge < -0.3 is 5.11 Å². The molecule has 0 aliphatic rings. The number of hydrogen-bond donors (Lipinski definition) is 1. The maximum atomic E-state index is 12.1. The molecule has 2 aromatic rings. The average molecular weight is 281 g/mol. The van der Waals surface area contributed by atoms with Gasteiger partial charge in [0.15, 0.2) is 5.78 Å². The van der Waals surface area contributed by atoms with Gasteiger partial charge in [-0.2, -0.15) is 0 Å². The van der Waals surface area contributed by atoms with E-state index in [2.05, 4.69) is 0 Å². The van der Waals surface area contributed by atoms with Gasteiger partial charge in [-0.1, -0.05) is 53.5 Å². The molecule has 0 saturated carbocycles. The maximum absolute atomic E-state index is 12.1. The predicted molar refractivity (Wildman–Crippen MR) is 72.6 cm³/mol. The molecule has 0 radical (unpaired) electrons. The molecule has 18 heavy (non-hydrogen) atoms. The molecule has 0 heterocycles. The summed E-state index contributed by atoms with van der Waals surface area (Å²) in [5, 5.41) is 9.47. The number of benzene rings is 2. The fraction of sp³-hybridized carbons (Fsp3) is 0.0714. The largest absolute Gasteiger partial charge is 0.506 e. The first-order chi connectivity index (χ1) is 8.59. The Balaban J connectivity index is 2.28. The molecule has 0 spiro atoms. The van der Waals surface area contributed by atoms with Gasteiger partial charge in [0, 0.05) is 12.0 Å². The molecule has 1 N–H and O–H groups in total. The van der Waals surface area contributed by atoms with Crippen LogP contribution in [0.5, 0.6) is 5.75 Å². The highest BCUT2D eigenvalue weighted by Gasteiger charge is 2.15. The number of Topliss-reactive ketones (excluding diaryl/α,β-unsaturated/α-hetero) is 1. The van der Waals surface area contributed by atoms with E-state index in [1.165, 1.54) is 12.1 Å². The van der Waals surface area contributed by atoms with Crippen LogP contribution >= 0.6 is 23.2 Å². The van der Waals surface area contributed by atoms with Crippen molar-refractivity contribution in [3.05, 3.63) is 63.6 Å². The van der Waals surface area contributed by atoms with E-state index in [9.17, 15) is 9.90 Å². The lowest BCUT2D eigenvalue weighted by molar-refractivity contribution is 0.0993. The van der Waals surface area contributed by atoms with Crippen molar-refractivity contribution in [2.45, 2.75) is 6.42 Å². The third kappa shape index (κ3) is 2.66. The van der Waals surface area contributed by atoms with Crippen molar-refractivity contribution in [1.82, 2.24) is 0 Å². The highest BCUT2D eigenvalue weighted by molar-refractivity contribution is 6.44. The molecule has 0 amide bonds. The van der Waals surface area contributed by atoms with Crippen LogP contribution in [0.2, 0.25) is 10.0 Å². The van der Waals surface area contributed by atoms with Gasteiger partial charge in [-0.3, -0.25) is 4.79 Å². The Morgan fingerprint density at radius 1 is 1.00 bits per heavy atom. The molecular weight excluding hydrogens is 271 g/mol. The molecule has 0 fully saturated rings. The summed E-state index contributed by atoms with van der Waals surface area (Å²) in [7, 11) is 0. The third-order valence-corrected chi connectivity index (χ3v) is 3.44. The summed E-state index contributed by atoms with van der Waals surface area (Å²) in [4.78, 5) is 12.1. The summed E-state index contributed by atoms with van der Waals surface area (Å²) in [6.07, 6.45) is 0.252. The second kappa shape index (κ2) is 5.42. The van der Waals surface area contributed by atoms with Crippen LogP contribution in [0.3, 0.4) is 0 Å². The Bertz CT molecular complexity index is 580. The van der Waals surface area contributed by atoms with E-state index in [4.69, 9.17) is 23.2 Å². The first-order valence-electron chi connectivity index (χ1n) is 5.33. The molecule has 0 unspecified atom stereocenters. The zero-order chi connectivity index (χ0) is 13.1. The molecule has 0 aliphatic heterocycles. The fourth-order valence-electron chi connectivity index (χ4n) is 1.63. The van der Waals surface area contributed by atoms with E-state index in [1.807, 2.05) is 30.3 Å². The molecule has 0 bridgehead atoms. The lowest BCUT2D eigenvalue weighted by Crippen LogP contribution is -2.04. The molecule has 0 aliphatic carbocycles. The molecule has 2 aromatic carbocycles. The molecule has 2 nitrogen and oxygen atoms in total. The van der Waals surface area contributed by atoms with Crippen LogP contribution in [0.4, 0.5) is 0 Å². The second-order valence-corrected chi connectivity index (χ2v) is 4.60. The van der Waals surface area contributed by atoms with Crippen molar-refractivity contribution in [2.75, 3.05) is 0 Å². The lowest BCUT2D eigenvalue weighted by Gasteiger charge is -2.06. The minimum absolute atomic E-state index is 0.00979. The van der Waals surface area contributed by atoms with Gasteiger partial charge in [-0.15, -0.1) is 0 Å². The number of ketones is 1. The monoisotopic (exact) mass is 280 g/mol. The van der Waals surface area contributed by atoms with Crippen LogP contribution in [-0.2, 0) is 6.42 Å². The van der Waals surface area contributed by atoms with Gasteiger partial charge in [-0.05, 0) is 17.7 Å². The number of carbonyl (C=O) groups excluding carboxylic acids is 1. The Morgan fingerprint density at radius 2 is 1.67 bits per heavy atom. The average Bonchev–Trinajstić information content (AvgIpc) is 2.37. The van der Waals surface area contributed by atoms with Gasteiger partial charge in [0.1, 0.15) is 10.8 Å². The first-order valence-corrected chi connectivity index (χ1v) is 6.09. The number of phenolic OH excluding ortho intramolecular Hbond substituents is 1. The van der Waals surface area contributed by atoms with Crippen LogP contribution in [0.15, 0.2) is 42.5 Å². The zero-order valence-corrected chi connectivity index (χ0v) is 10.9. The van der Waals surface area contributed by atoms with E-state index in [0.717, 1.165) is 5.56 Å². The van der Waals surface area contributed by atoms with Crippen molar-refractivity contribution in [3.8, 4) is 5.75 Å². The molecule has 2 rings (SSSR count). The minimum Gasteiger partial charge on any atom is -0.506 e. The van der Waals surface area contributed by atoms with Gasteiger partial charge in [0.2, 0.25) is 0 Å². The molecule has 92 valence electrons. The molecular formula is C14H10Cl2O2. The summed E-state index contributed by atoms with van der Waals surface area (Å²) in [6.45, 7) is 0. The summed E-state index contributed by atoms with van der Waals surface area (Å²) in [5.74, 6) is -0.258. The zero-order valence-electron chi connectivity index (χ0n) is 9.36. The Labute approximate surface area is 115 Å². The number of rotatable bonds is 3. The number of aromatic hydroxyl groups is 1. The SMILES string of the molecule is O=C(Cc1ccccc1)c1ccc(O)c(Cl)c1Cl. The number of halogens is 2. The number of carbonyl (C=O) groups is 1. The van der Waals surface area contributed by atoms with E-state index >= 15 is 0 Å². The number of hydrogen-bond acceptors (Lipinski definition) is 2. The number of phenols is 1. The fourth-order valence-corrected chi connectivity index (χ4v) is 2.06. The first kappa shape index (κ1) is 12.9. The van der Waals surface area contributed by atoms with Gasteiger partial charge in [0.25, 0.3) is 0 Å². The summed E-state index contributed by atoms with van der Waals surface area (Å²) < 4.78 is 0. The van der Waals surface area contributed by atoms with Crippen LogP contribution in [0, 0.1) is 0 Å². The van der Waals surface area contributed by atoms with Crippen LogP contribution in [0.1, 0.15) is 15.9 Å². The standard InChI is InChI=1S/C14H10Cl2O2/c15-13-10(6-7-11(17)14(13)16)12(18)8-9-4-2-1-3-5-9/h1-7,17H,8H2. The Morgan fingerprint density at radius 3 is 2.33 bits per heavy atom. The molecule has 0 atom stereocenters.